The highest BCUT2D eigenvalue weighted by Crippen LogP contribution is 2.30. The van der Waals surface area contributed by atoms with E-state index in [4.69, 9.17) is 4.74 Å². The Morgan fingerprint density at radius 3 is 2.76 bits per heavy atom. The number of fused-ring (bicyclic) bond motifs is 1. The third kappa shape index (κ3) is 3.94. The van der Waals surface area contributed by atoms with E-state index in [-0.39, 0.29) is 11.8 Å². The zero-order valence-electron chi connectivity index (χ0n) is 16.5. The summed E-state index contributed by atoms with van der Waals surface area (Å²) >= 11 is 0. The minimum atomic E-state index is -0.229. The maximum atomic E-state index is 13.2. The molecule has 5 nitrogen and oxygen atoms in total. The van der Waals surface area contributed by atoms with Crippen molar-refractivity contribution in [3.63, 3.8) is 0 Å². The topological polar surface area (TPSA) is 58.6 Å². The Kier molecular flexibility index (Phi) is 5.47. The molecule has 0 saturated carbocycles. The van der Waals surface area contributed by atoms with Crippen LogP contribution in [-0.2, 0) is 4.79 Å². The Morgan fingerprint density at radius 2 is 1.93 bits per heavy atom. The number of amides is 2. The van der Waals surface area contributed by atoms with Gasteiger partial charge in [0.1, 0.15) is 5.75 Å². The van der Waals surface area contributed by atoms with Crippen LogP contribution >= 0.6 is 0 Å². The van der Waals surface area contributed by atoms with Gasteiger partial charge in [0, 0.05) is 24.3 Å². The van der Waals surface area contributed by atoms with Gasteiger partial charge in [0.15, 0.2) is 0 Å². The molecule has 1 aliphatic heterocycles. The highest BCUT2D eigenvalue weighted by Gasteiger charge is 2.21. The number of ether oxygens (including phenoxy) is 1. The number of benzene rings is 3. The number of anilines is 2. The zero-order valence-corrected chi connectivity index (χ0v) is 16.5. The SMILES string of the molecule is CCOc1ccc2ccccc2c1C(=O)Nc1cccc(N2CCCCC2=O)c1. The Morgan fingerprint density at radius 1 is 1.07 bits per heavy atom. The smallest absolute Gasteiger partial charge is 0.260 e. The van der Waals surface area contributed by atoms with E-state index in [2.05, 4.69) is 5.32 Å². The monoisotopic (exact) mass is 388 g/mol. The van der Waals surface area contributed by atoms with Crippen LogP contribution in [0.1, 0.15) is 36.5 Å². The molecule has 1 saturated heterocycles. The largest absolute Gasteiger partial charge is 0.493 e. The zero-order chi connectivity index (χ0) is 20.2. The van der Waals surface area contributed by atoms with Crippen molar-refractivity contribution in [1.29, 1.82) is 0 Å². The standard InChI is InChI=1S/C24H24N2O3/c1-2-29-21-14-13-17-8-3-4-11-20(17)23(21)24(28)25-18-9-7-10-19(16-18)26-15-6-5-12-22(26)27/h3-4,7-11,13-14,16H,2,5-6,12,15H2,1H3,(H,25,28). The molecule has 1 heterocycles. The predicted octanol–water partition coefficient (Wildman–Crippen LogP) is 5.01. The summed E-state index contributed by atoms with van der Waals surface area (Å²) in [5.41, 5.74) is 1.99. The van der Waals surface area contributed by atoms with E-state index in [0.29, 0.717) is 36.6 Å². The molecule has 4 rings (SSSR count). The molecule has 1 aliphatic rings. The molecule has 2 amide bonds. The first-order chi connectivity index (χ1) is 14.2. The number of hydrogen-bond acceptors (Lipinski definition) is 3. The van der Waals surface area contributed by atoms with Gasteiger partial charge < -0.3 is 15.0 Å². The van der Waals surface area contributed by atoms with Crippen molar-refractivity contribution in [2.24, 2.45) is 0 Å². The molecule has 29 heavy (non-hydrogen) atoms. The van der Waals surface area contributed by atoms with Gasteiger partial charge in [-0.15, -0.1) is 0 Å². The number of rotatable bonds is 5. The Balaban J connectivity index is 1.66. The van der Waals surface area contributed by atoms with Gasteiger partial charge in [0.2, 0.25) is 5.91 Å². The van der Waals surface area contributed by atoms with Gasteiger partial charge in [0.05, 0.1) is 12.2 Å². The number of carbonyl (C=O) groups is 2. The maximum Gasteiger partial charge on any atom is 0.260 e. The molecule has 148 valence electrons. The molecule has 0 atom stereocenters. The van der Waals surface area contributed by atoms with Gasteiger partial charge in [0.25, 0.3) is 5.91 Å². The second-order valence-electron chi connectivity index (χ2n) is 7.10. The van der Waals surface area contributed by atoms with E-state index in [1.54, 1.807) is 4.90 Å². The van der Waals surface area contributed by atoms with Gasteiger partial charge in [-0.25, -0.2) is 0 Å². The van der Waals surface area contributed by atoms with Gasteiger partial charge in [-0.05, 0) is 54.8 Å². The fraction of sp³-hybridized carbons (Fsp3) is 0.250. The highest BCUT2D eigenvalue weighted by atomic mass is 16.5. The molecular weight excluding hydrogens is 364 g/mol. The first-order valence-corrected chi connectivity index (χ1v) is 10.0. The van der Waals surface area contributed by atoms with E-state index in [1.165, 1.54) is 0 Å². The van der Waals surface area contributed by atoms with Gasteiger partial charge in [-0.1, -0.05) is 36.4 Å². The van der Waals surface area contributed by atoms with Crippen molar-refractivity contribution in [2.75, 3.05) is 23.4 Å². The summed E-state index contributed by atoms with van der Waals surface area (Å²) in [6, 6.07) is 19.0. The lowest BCUT2D eigenvalue weighted by Gasteiger charge is -2.27. The van der Waals surface area contributed by atoms with Crippen molar-refractivity contribution in [2.45, 2.75) is 26.2 Å². The van der Waals surface area contributed by atoms with Crippen LogP contribution in [0.5, 0.6) is 5.75 Å². The summed E-state index contributed by atoms with van der Waals surface area (Å²) in [5.74, 6) is 0.464. The molecule has 3 aromatic carbocycles. The molecule has 1 fully saturated rings. The number of nitrogens with zero attached hydrogens (tertiary/aromatic N) is 1. The summed E-state index contributed by atoms with van der Waals surface area (Å²) in [4.78, 5) is 27.2. The third-order valence-corrected chi connectivity index (χ3v) is 5.16. The van der Waals surface area contributed by atoms with Crippen molar-refractivity contribution in [1.82, 2.24) is 0 Å². The Hall–Kier alpha value is -3.34. The predicted molar refractivity (Wildman–Crippen MR) is 116 cm³/mol. The van der Waals surface area contributed by atoms with Gasteiger partial charge in [-0.3, -0.25) is 9.59 Å². The third-order valence-electron chi connectivity index (χ3n) is 5.16. The van der Waals surface area contributed by atoms with Crippen molar-refractivity contribution in [3.05, 3.63) is 66.2 Å². The van der Waals surface area contributed by atoms with Crippen molar-refractivity contribution < 1.29 is 14.3 Å². The molecule has 0 spiro atoms. The second kappa shape index (κ2) is 8.35. The molecule has 3 aromatic rings. The van der Waals surface area contributed by atoms with E-state index in [1.807, 2.05) is 67.6 Å². The highest BCUT2D eigenvalue weighted by molar-refractivity contribution is 6.15. The van der Waals surface area contributed by atoms with E-state index in [0.717, 1.165) is 29.3 Å². The second-order valence-corrected chi connectivity index (χ2v) is 7.10. The molecule has 0 aliphatic carbocycles. The van der Waals surface area contributed by atoms with E-state index in [9.17, 15) is 9.59 Å². The minimum Gasteiger partial charge on any atom is -0.493 e. The average molecular weight is 388 g/mol. The fourth-order valence-corrected chi connectivity index (χ4v) is 3.79. The maximum absolute atomic E-state index is 13.2. The van der Waals surface area contributed by atoms with Crippen LogP contribution in [0.2, 0.25) is 0 Å². The number of nitrogens with one attached hydrogen (secondary N) is 1. The number of carbonyl (C=O) groups excluding carboxylic acids is 2. The molecule has 0 bridgehead atoms. The van der Waals surface area contributed by atoms with Crippen molar-refractivity contribution in [3.8, 4) is 5.75 Å². The Labute approximate surface area is 170 Å². The minimum absolute atomic E-state index is 0.132. The lowest BCUT2D eigenvalue weighted by molar-refractivity contribution is -0.119. The summed E-state index contributed by atoms with van der Waals surface area (Å²) in [5, 5.41) is 4.81. The van der Waals surface area contributed by atoms with Crippen LogP contribution in [0.3, 0.4) is 0 Å². The summed E-state index contributed by atoms with van der Waals surface area (Å²) < 4.78 is 5.72. The van der Waals surface area contributed by atoms with Gasteiger partial charge in [-0.2, -0.15) is 0 Å². The van der Waals surface area contributed by atoms with Crippen LogP contribution < -0.4 is 15.0 Å². The van der Waals surface area contributed by atoms with Gasteiger partial charge >= 0.3 is 0 Å². The molecule has 0 radical (unpaired) electrons. The quantitative estimate of drug-likeness (QED) is 0.669. The summed E-state index contributed by atoms with van der Waals surface area (Å²) in [6.07, 6.45) is 2.51. The van der Waals surface area contributed by atoms with Crippen LogP contribution in [0.4, 0.5) is 11.4 Å². The molecule has 0 unspecified atom stereocenters. The van der Waals surface area contributed by atoms with Crippen LogP contribution in [0.25, 0.3) is 10.8 Å². The molecule has 0 aromatic heterocycles. The van der Waals surface area contributed by atoms with E-state index >= 15 is 0 Å². The molecule has 1 N–H and O–H groups in total. The lowest BCUT2D eigenvalue weighted by Crippen LogP contribution is -2.35. The summed E-state index contributed by atoms with van der Waals surface area (Å²) in [7, 11) is 0. The first kappa shape index (κ1) is 19.0. The summed E-state index contributed by atoms with van der Waals surface area (Å²) in [6.45, 7) is 3.09. The van der Waals surface area contributed by atoms with Crippen molar-refractivity contribution >= 4 is 34.0 Å². The lowest BCUT2D eigenvalue weighted by atomic mass is 10.0. The van der Waals surface area contributed by atoms with Crippen LogP contribution in [0.15, 0.2) is 60.7 Å². The van der Waals surface area contributed by atoms with E-state index < -0.39 is 0 Å². The number of piperidine rings is 1. The van der Waals surface area contributed by atoms with Crippen LogP contribution in [0, 0.1) is 0 Å². The molecule has 5 heteroatoms. The fourth-order valence-electron chi connectivity index (χ4n) is 3.79. The first-order valence-electron chi connectivity index (χ1n) is 10.0. The molecular formula is C24H24N2O3. The number of hydrogen-bond donors (Lipinski definition) is 1. The Bertz CT molecular complexity index is 1060. The average Bonchev–Trinajstić information content (AvgIpc) is 2.74. The van der Waals surface area contributed by atoms with Crippen LogP contribution in [-0.4, -0.2) is 25.0 Å². The normalized spacial score (nSPS) is 14.1.